The summed E-state index contributed by atoms with van der Waals surface area (Å²) >= 11 is 0. The lowest BCUT2D eigenvalue weighted by Gasteiger charge is -2.25. The van der Waals surface area contributed by atoms with Crippen molar-refractivity contribution in [2.45, 2.75) is 104 Å². The second-order valence-electron chi connectivity index (χ2n) is 13.8. The minimum absolute atomic E-state index is 0.0828. The molecule has 7 rings (SSSR count). The summed E-state index contributed by atoms with van der Waals surface area (Å²) in [5.41, 5.74) is 2.96. The number of carbonyl (C=O) groups excluding carboxylic acids is 3. The van der Waals surface area contributed by atoms with E-state index in [-0.39, 0.29) is 47.6 Å². The van der Waals surface area contributed by atoms with Crippen molar-refractivity contribution in [3.05, 3.63) is 77.4 Å². The van der Waals surface area contributed by atoms with E-state index in [4.69, 9.17) is 19.3 Å². The number of esters is 3. The van der Waals surface area contributed by atoms with Crippen LogP contribution >= 0.6 is 0 Å². The highest BCUT2D eigenvalue weighted by molar-refractivity contribution is 5.95. The van der Waals surface area contributed by atoms with Gasteiger partial charge < -0.3 is 19.3 Å². The summed E-state index contributed by atoms with van der Waals surface area (Å²) in [5, 5.41) is 11.1. The molecular formula is C39H48O7. The van der Waals surface area contributed by atoms with Gasteiger partial charge in [-0.1, -0.05) is 64.1 Å². The van der Waals surface area contributed by atoms with Crippen LogP contribution in [0.5, 0.6) is 5.75 Å². The summed E-state index contributed by atoms with van der Waals surface area (Å²) in [4.78, 5) is 35.4. The third-order valence-electron chi connectivity index (χ3n) is 10.0. The Morgan fingerprint density at radius 3 is 2.20 bits per heavy atom. The van der Waals surface area contributed by atoms with Crippen LogP contribution in [0.3, 0.4) is 0 Å². The summed E-state index contributed by atoms with van der Waals surface area (Å²) < 4.78 is 16.5. The molecule has 5 unspecified atom stereocenters. The summed E-state index contributed by atoms with van der Waals surface area (Å²) in [5.74, 6) is 0.498. The van der Waals surface area contributed by atoms with Crippen molar-refractivity contribution >= 4 is 28.7 Å². The number of carbonyl (C=O) groups is 3. The molecule has 3 aliphatic carbocycles. The Kier molecular flexibility index (Phi) is 10.4. The molecule has 0 aromatic heterocycles. The molecule has 4 aliphatic rings. The highest BCUT2D eigenvalue weighted by Crippen LogP contribution is 2.55. The fourth-order valence-electron chi connectivity index (χ4n) is 7.22. The van der Waals surface area contributed by atoms with Crippen LogP contribution in [-0.2, 0) is 36.6 Å². The van der Waals surface area contributed by atoms with Gasteiger partial charge >= 0.3 is 17.9 Å². The molecule has 3 aromatic rings. The van der Waals surface area contributed by atoms with Gasteiger partial charge in [0.2, 0.25) is 0 Å². The van der Waals surface area contributed by atoms with Gasteiger partial charge in [-0.15, -0.1) is 0 Å². The van der Waals surface area contributed by atoms with E-state index in [0.29, 0.717) is 23.1 Å². The molecular weight excluding hydrogens is 580 g/mol. The standard InChI is InChI=1S/C19H22O2.C12H16O4.C8H10O/c1-3-14-6-7-16-13-17(9-8-15(16)12-14)18(20)21-19(2)10-4-5-11-19;1-5(2)11(13)15-9-6-3-7-8(4-6)12(14)16-10(7)9;1-2-7-3-5-8(9)6-4-7/h6-9,12-13H,3-5,10-11H2,1-2H3;5-10H,3-4H2,1-2H3;3-6,9H,2H2,1H3. The first kappa shape index (κ1) is 33.5. The first-order chi connectivity index (χ1) is 22.0. The molecule has 7 heteroatoms. The van der Waals surface area contributed by atoms with Crippen LogP contribution in [0.25, 0.3) is 10.8 Å². The molecule has 1 heterocycles. The van der Waals surface area contributed by atoms with E-state index >= 15 is 0 Å². The topological polar surface area (TPSA) is 99.1 Å². The van der Waals surface area contributed by atoms with E-state index in [1.807, 2.05) is 51.1 Å². The van der Waals surface area contributed by atoms with Crippen molar-refractivity contribution < 1.29 is 33.7 Å². The average Bonchev–Trinajstić information content (AvgIpc) is 3.80. The first-order valence-electron chi connectivity index (χ1n) is 16.9. The van der Waals surface area contributed by atoms with Crippen LogP contribution in [0, 0.1) is 23.7 Å². The van der Waals surface area contributed by atoms with Crippen molar-refractivity contribution in [1.82, 2.24) is 0 Å². The molecule has 3 aromatic carbocycles. The molecule has 46 heavy (non-hydrogen) atoms. The monoisotopic (exact) mass is 628 g/mol. The first-order valence-corrected chi connectivity index (χ1v) is 16.9. The van der Waals surface area contributed by atoms with Crippen LogP contribution in [0.4, 0.5) is 0 Å². The zero-order valence-electron chi connectivity index (χ0n) is 27.8. The van der Waals surface area contributed by atoms with Crippen molar-refractivity contribution in [3.8, 4) is 5.75 Å². The van der Waals surface area contributed by atoms with Crippen LogP contribution < -0.4 is 0 Å². The SMILES string of the molecule is CC(C)C(=O)OC1C2CC3C(=O)OC1C3C2.CCc1ccc(O)cc1.CCc1ccc2cc(C(=O)OC3(C)CCCC3)ccc2c1. The van der Waals surface area contributed by atoms with Crippen LogP contribution in [-0.4, -0.2) is 40.8 Å². The lowest BCUT2D eigenvalue weighted by atomic mass is 9.88. The molecule has 246 valence electrons. The van der Waals surface area contributed by atoms with E-state index in [1.165, 1.54) is 16.5 Å². The molecule has 2 bridgehead atoms. The summed E-state index contributed by atoms with van der Waals surface area (Å²) in [6.45, 7) is 9.92. The predicted molar refractivity (Wildman–Crippen MR) is 177 cm³/mol. The second-order valence-corrected chi connectivity index (χ2v) is 13.8. The quantitative estimate of drug-likeness (QED) is 0.218. The van der Waals surface area contributed by atoms with Crippen molar-refractivity contribution in [2.75, 3.05) is 0 Å². The fraction of sp³-hybridized carbons (Fsp3) is 0.513. The third kappa shape index (κ3) is 7.56. The molecule has 4 fully saturated rings. The average molecular weight is 629 g/mol. The number of aromatic hydroxyl groups is 1. The number of rotatable bonds is 6. The number of ether oxygens (including phenoxy) is 3. The fourth-order valence-corrected chi connectivity index (χ4v) is 7.22. The highest BCUT2D eigenvalue weighted by Gasteiger charge is 2.63. The Balaban J connectivity index is 0.000000147. The maximum atomic E-state index is 12.4. The third-order valence-corrected chi connectivity index (χ3v) is 10.0. The second kappa shape index (κ2) is 14.3. The van der Waals surface area contributed by atoms with E-state index < -0.39 is 0 Å². The maximum absolute atomic E-state index is 12.4. The van der Waals surface area contributed by atoms with Crippen LogP contribution in [0.15, 0.2) is 60.7 Å². The smallest absolute Gasteiger partial charge is 0.338 e. The van der Waals surface area contributed by atoms with Crippen LogP contribution in [0.1, 0.15) is 94.6 Å². The molecule has 5 atom stereocenters. The Labute approximate surface area is 272 Å². The molecule has 1 saturated heterocycles. The number of hydrogen-bond acceptors (Lipinski definition) is 7. The van der Waals surface area contributed by atoms with Gasteiger partial charge in [0.25, 0.3) is 0 Å². The van der Waals surface area contributed by atoms with Gasteiger partial charge in [-0.3, -0.25) is 9.59 Å². The van der Waals surface area contributed by atoms with Gasteiger partial charge in [0.05, 0.1) is 17.4 Å². The summed E-state index contributed by atoms with van der Waals surface area (Å²) in [6.07, 6.45) is 7.81. The van der Waals surface area contributed by atoms with Crippen molar-refractivity contribution in [1.29, 1.82) is 0 Å². The molecule has 0 amide bonds. The van der Waals surface area contributed by atoms with E-state index in [1.54, 1.807) is 12.1 Å². The minimum Gasteiger partial charge on any atom is -0.508 e. The number of hydrogen-bond donors (Lipinski definition) is 1. The van der Waals surface area contributed by atoms with Crippen LogP contribution in [0.2, 0.25) is 0 Å². The Hall–Kier alpha value is -3.87. The predicted octanol–water partition coefficient (Wildman–Crippen LogP) is 7.98. The molecule has 1 N–H and O–H groups in total. The largest absolute Gasteiger partial charge is 0.508 e. The zero-order valence-corrected chi connectivity index (χ0v) is 27.8. The lowest BCUT2D eigenvalue weighted by Crippen LogP contribution is -2.36. The van der Waals surface area contributed by atoms with Gasteiger partial charge in [-0.25, -0.2) is 4.79 Å². The van der Waals surface area contributed by atoms with Crippen molar-refractivity contribution in [3.63, 3.8) is 0 Å². The lowest BCUT2D eigenvalue weighted by molar-refractivity contribution is -0.164. The number of benzene rings is 3. The Morgan fingerprint density at radius 2 is 1.54 bits per heavy atom. The number of phenolic OH excluding ortho intramolecular Hbond substituents is 1. The Morgan fingerprint density at radius 1 is 0.913 bits per heavy atom. The number of aryl methyl sites for hydroxylation is 2. The van der Waals surface area contributed by atoms with Crippen molar-refractivity contribution in [2.24, 2.45) is 23.7 Å². The van der Waals surface area contributed by atoms with E-state index in [0.717, 1.165) is 56.8 Å². The van der Waals surface area contributed by atoms with Gasteiger partial charge in [-0.2, -0.15) is 0 Å². The van der Waals surface area contributed by atoms with E-state index in [9.17, 15) is 14.4 Å². The summed E-state index contributed by atoms with van der Waals surface area (Å²) in [6, 6.07) is 19.5. The molecule has 3 saturated carbocycles. The molecule has 1 aliphatic heterocycles. The molecule has 0 radical (unpaired) electrons. The zero-order chi connectivity index (χ0) is 33.0. The summed E-state index contributed by atoms with van der Waals surface area (Å²) in [7, 11) is 0. The van der Waals surface area contributed by atoms with Gasteiger partial charge in [0, 0.05) is 11.8 Å². The minimum atomic E-state index is -0.266. The van der Waals surface area contributed by atoms with Gasteiger partial charge in [0.15, 0.2) is 0 Å². The maximum Gasteiger partial charge on any atom is 0.338 e. The van der Waals surface area contributed by atoms with Gasteiger partial charge in [-0.05, 0) is 104 Å². The van der Waals surface area contributed by atoms with Gasteiger partial charge in [0.1, 0.15) is 23.6 Å². The molecule has 0 spiro atoms. The number of phenols is 1. The Bertz CT molecular complexity index is 1540. The normalized spacial score (nSPS) is 24.9. The molecule has 7 nitrogen and oxygen atoms in total. The number of fused-ring (bicyclic) bond motifs is 2. The van der Waals surface area contributed by atoms with E-state index in [2.05, 4.69) is 32.0 Å². The highest BCUT2D eigenvalue weighted by atomic mass is 16.6.